The molecule has 5 heteroatoms. The van der Waals surface area contributed by atoms with Gasteiger partial charge in [-0.05, 0) is 12.1 Å². The number of para-hydroxylation sites is 1. The molecule has 0 spiro atoms. The summed E-state index contributed by atoms with van der Waals surface area (Å²) in [6.45, 7) is 0.779. The lowest BCUT2D eigenvalue weighted by Gasteiger charge is -2.04. The van der Waals surface area contributed by atoms with Gasteiger partial charge in [0.05, 0.1) is 5.56 Å². The monoisotopic (exact) mass is 233 g/mol. The maximum absolute atomic E-state index is 13.3. The van der Waals surface area contributed by atoms with E-state index in [0.29, 0.717) is 24.0 Å². The number of benzene rings is 1. The van der Waals surface area contributed by atoms with Crippen molar-refractivity contribution in [3.63, 3.8) is 0 Å². The predicted molar refractivity (Wildman–Crippen MR) is 63.1 cm³/mol. The molecule has 88 valence electrons. The van der Waals surface area contributed by atoms with Crippen molar-refractivity contribution in [3.05, 3.63) is 41.8 Å². The number of nitrogens with two attached hydrogens (primary N) is 1. The van der Waals surface area contributed by atoms with Crippen LogP contribution in [0.15, 0.2) is 30.5 Å². The number of nitrogens with one attached hydrogen (secondary N) is 1. The number of fused-ring (bicyclic) bond motifs is 1. The average Bonchev–Trinajstić information content (AvgIpc) is 2.36. The minimum atomic E-state index is -0.392. The van der Waals surface area contributed by atoms with Crippen LogP contribution in [0.1, 0.15) is 10.4 Å². The average molecular weight is 233 g/mol. The highest BCUT2D eigenvalue weighted by molar-refractivity contribution is 5.97. The van der Waals surface area contributed by atoms with Crippen LogP contribution in [-0.2, 0) is 0 Å². The smallest absolute Gasteiger partial charge is 0.252 e. The van der Waals surface area contributed by atoms with E-state index < -0.39 is 5.82 Å². The molecule has 0 aliphatic carbocycles. The molecule has 0 aliphatic heterocycles. The van der Waals surface area contributed by atoms with Crippen LogP contribution in [0.3, 0.4) is 0 Å². The molecule has 0 saturated carbocycles. The fraction of sp³-hybridized carbons (Fsp3) is 0.167. The molecular weight excluding hydrogens is 221 g/mol. The van der Waals surface area contributed by atoms with Gasteiger partial charge in [0.2, 0.25) is 0 Å². The second kappa shape index (κ2) is 4.88. The Labute approximate surface area is 97.6 Å². The normalized spacial score (nSPS) is 10.5. The third-order valence-electron chi connectivity index (χ3n) is 2.35. The fourth-order valence-corrected chi connectivity index (χ4v) is 1.54. The van der Waals surface area contributed by atoms with E-state index in [1.807, 2.05) is 0 Å². The number of amides is 1. The van der Waals surface area contributed by atoms with Crippen LogP contribution in [0.25, 0.3) is 10.9 Å². The minimum absolute atomic E-state index is 0.255. The number of carbonyl (C=O) groups excluding carboxylic acids is 1. The molecule has 17 heavy (non-hydrogen) atoms. The largest absolute Gasteiger partial charge is 0.351 e. The van der Waals surface area contributed by atoms with Gasteiger partial charge in [-0.25, -0.2) is 4.39 Å². The van der Waals surface area contributed by atoms with E-state index in [9.17, 15) is 9.18 Å². The summed E-state index contributed by atoms with van der Waals surface area (Å²) in [6, 6.07) is 6.24. The number of pyridine rings is 1. The number of aromatic nitrogens is 1. The molecule has 0 radical (unpaired) electrons. The lowest BCUT2D eigenvalue weighted by Crippen LogP contribution is -2.29. The van der Waals surface area contributed by atoms with E-state index in [2.05, 4.69) is 10.3 Å². The number of halogens is 1. The first-order valence-corrected chi connectivity index (χ1v) is 5.25. The van der Waals surface area contributed by atoms with Crippen molar-refractivity contribution in [2.45, 2.75) is 0 Å². The zero-order chi connectivity index (χ0) is 12.3. The van der Waals surface area contributed by atoms with Gasteiger partial charge in [-0.3, -0.25) is 9.78 Å². The van der Waals surface area contributed by atoms with Crippen molar-refractivity contribution >= 4 is 16.8 Å². The van der Waals surface area contributed by atoms with Gasteiger partial charge in [-0.2, -0.15) is 0 Å². The zero-order valence-corrected chi connectivity index (χ0v) is 9.11. The van der Waals surface area contributed by atoms with Crippen molar-refractivity contribution < 1.29 is 9.18 Å². The molecule has 1 heterocycles. The first-order chi connectivity index (χ1) is 8.22. The molecule has 3 N–H and O–H groups in total. The van der Waals surface area contributed by atoms with Gasteiger partial charge in [0, 0.05) is 24.7 Å². The quantitative estimate of drug-likeness (QED) is 0.833. The second-order valence-corrected chi connectivity index (χ2v) is 3.58. The Balaban J connectivity index is 2.35. The fourth-order valence-electron chi connectivity index (χ4n) is 1.54. The van der Waals surface area contributed by atoms with Crippen LogP contribution < -0.4 is 11.1 Å². The van der Waals surface area contributed by atoms with Gasteiger partial charge in [-0.1, -0.05) is 12.1 Å². The van der Waals surface area contributed by atoms with Crippen molar-refractivity contribution in [1.29, 1.82) is 0 Å². The first-order valence-electron chi connectivity index (χ1n) is 5.25. The van der Waals surface area contributed by atoms with Gasteiger partial charge >= 0.3 is 0 Å². The van der Waals surface area contributed by atoms with Crippen LogP contribution in [0.5, 0.6) is 0 Å². The molecule has 0 aliphatic rings. The van der Waals surface area contributed by atoms with Gasteiger partial charge in [0.25, 0.3) is 5.91 Å². The van der Waals surface area contributed by atoms with E-state index in [4.69, 9.17) is 5.73 Å². The van der Waals surface area contributed by atoms with Gasteiger partial charge in [-0.15, -0.1) is 0 Å². The molecule has 2 aromatic rings. The van der Waals surface area contributed by atoms with Crippen molar-refractivity contribution in [2.24, 2.45) is 5.73 Å². The Morgan fingerprint density at radius 3 is 3.06 bits per heavy atom. The first kappa shape index (κ1) is 11.5. The van der Waals surface area contributed by atoms with Gasteiger partial charge in [0.15, 0.2) is 0 Å². The molecule has 0 fully saturated rings. The maximum Gasteiger partial charge on any atom is 0.252 e. The number of rotatable bonds is 3. The number of nitrogens with zero attached hydrogens (tertiary/aromatic N) is 1. The number of hydrogen-bond donors (Lipinski definition) is 2. The summed E-state index contributed by atoms with van der Waals surface area (Å²) in [6.07, 6.45) is 1.36. The van der Waals surface area contributed by atoms with Crippen LogP contribution in [0.2, 0.25) is 0 Å². The molecule has 1 amide bonds. The molecule has 0 bridgehead atoms. The zero-order valence-electron chi connectivity index (χ0n) is 9.11. The second-order valence-electron chi connectivity index (χ2n) is 3.58. The summed E-state index contributed by atoms with van der Waals surface area (Å²) in [5, 5.41) is 3.23. The van der Waals surface area contributed by atoms with Crippen molar-refractivity contribution in [2.75, 3.05) is 13.1 Å². The minimum Gasteiger partial charge on any atom is -0.351 e. The Hall–Kier alpha value is -2.01. The summed E-state index contributed by atoms with van der Waals surface area (Å²) in [7, 11) is 0. The SMILES string of the molecule is NCCNC(=O)c1cnc2c(F)cccc2c1. The standard InChI is InChI=1S/C12H12FN3O/c13-10-3-1-2-8-6-9(7-16-11(8)10)12(17)15-5-4-14/h1-3,6-7H,4-5,14H2,(H,15,17). The lowest BCUT2D eigenvalue weighted by molar-refractivity contribution is 0.0954. The molecule has 0 saturated heterocycles. The summed E-state index contributed by atoms with van der Waals surface area (Å²) < 4.78 is 13.3. The summed E-state index contributed by atoms with van der Waals surface area (Å²) in [4.78, 5) is 15.6. The van der Waals surface area contributed by atoms with E-state index in [1.165, 1.54) is 12.3 Å². The van der Waals surface area contributed by atoms with Crippen LogP contribution in [-0.4, -0.2) is 24.0 Å². The van der Waals surface area contributed by atoms with E-state index in [0.717, 1.165) is 0 Å². The van der Waals surface area contributed by atoms with Gasteiger partial charge < -0.3 is 11.1 Å². The van der Waals surface area contributed by atoms with E-state index >= 15 is 0 Å². The highest BCUT2D eigenvalue weighted by atomic mass is 19.1. The van der Waals surface area contributed by atoms with Crippen LogP contribution >= 0.6 is 0 Å². The molecule has 0 unspecified atom stereocenters. The third kappa shape index (κ3) is 2.39. The highest BCUT2D eigenvalue weighted by Crippen LogP contribution is 2.16. The number of carbonyl (C=O) groups is 1. The van der Waals surface area contributed by atoms with E-state index in [-0.39, 0.29) is 11.4 Å². The third-order valence-corrected chi connectivity index (χ3v) is 2.35. The summed E-state index contributed by atoms with van der Waals surface area (Å²) in [5.74, 6) is -0.648. The summed E-state index contributed by atoms with van der Waals surface area (Å²) in [5.41, 5.74) is 5.95. The molecule has 4 nitrogen and oxygen atoms in total. The Kier molecular flexibility index (Phi) is 3.30. The molecule has 0 atom stereocenters. The topological polar surface area (TPSA) is 68.0 Å². The van der Waals surface area contributed by atoms with Crippen molar-refractivity contribution in [3.8, 4) is 0 Å². The Bertz CT molecular complexity index is 556. The molecular formula is C12H12FN3O. The van der Waals surface area contributed by atoms with Gasteiger partial charge in [0.1, 0.15) is 11.3 Å². The van der Waals surface area contributed by atoms with E-state index in [1.54, 1.807) is 18.2 Å². The van der Waals surface area contributed by atoms with Crippen LogP contribution in [0, 0.1) is 5.82 Å². The Morgan fingerprint density at radius 2 is 2.29 bits per heavy atom. The van der Waals surface area contributed by atoms with Crippen LogP contribution in [0.4, 0.5) is 4.39 Å². The highest BCUT2D eigenvalue weighted by Gasteiger charge is 2.08. The maximum atomic E-state index is 13.3. The molecule has 2 rings (SSSR count). The molecule has 1 aromatic heterocycles. The summed E-state index contributed by atoms with van der Waals surface area (Å²) >= 11 is 0. The molecule has 1 aromatic carbocycles. The Morgan fingerprint density at radius 1 is 1.47 bits per heavy atom. The van der Waals surface area contributed by atoms with Crippen molar-refractivity contribution in [1.82, 2.24) is 10.3 Å². The predicted octanol–water partition coefficient (Wildman–Crippen LogP) is 1.06. The lowest BCUT2D eigenvalue weighted by atomic mass is 10.1. The number of hydrogen-bond acceptors (Lipinski definition) is 3.